The van der Waals surface area contributed by atoms with E-state index in [0.29, 0.717) is 12.5 Å². The maximum atomic E-state index is 5.66. The van der Waals surface area contributed by atoms with Crippen molar-refractivity contribution in [1.82, 2.24) is 4.98 Å². The first kappa shape index (κ1) is 14.0. The average Bonchev–Trinajstić information content (AvgIpc) is 2.35. The molecule has 0 saturated heterocycles. The number of nitrogens with two attached hydrogens (primary N) is 1. The Labute approximate surface area is 105 Å². The van der Waals surface area contributed by atoms with Crippen LogP contribution in [0.5, 0.6) is 0 Å². The van der Waals surface area contributed by atoms with E-state index >= 15 is 0 Å². The molecule has 0 amide bonds. The number of anilines is 1. The first-order valence-electron chi connectivity index (χ1n) is 6.53. The summed E-state index contributed by atoms with van der Waals surface area (Å²) < 4.78 is 0. The van der Waals surface area contributed by atoms with Crippen LogP contribution in [-0.4, -0.2) is 18.1 Å². The largest absolute Gasteiger partial charge is 0.357 e. The Balaban J connectivity index is 2.85. The lowest BCUT2D eigenvalue weighted by molar-refractivity contribution is 0.545. The first-order valence-corrected chi connectivity index (χ1v) is 6.53. The molecule has 0 aliphatic heterocycles. The zero-order valence-corrected chi connectivity index (χ0v) is 11.5. The van der Waals surface area contributed by atoms with E-state index in [-0.39, 0.29) is 0 Å². The molecule has 2 N–H and O–H groups in total. The van der Waals surface area contributed by atoms with Crippen LogP contribution in [0.25, 0.3) is 0 Å². The maximum Gasteiger partial charge on any atom is 0.128 e. The quantitative estimate of drug-likeness (QED) is 0.824. The fourth-order valence-corrected chi connectivity index (χ4v) is 1.86. The normalized spacial score (nSPS) is 12.5. The number of pyridine rings is 1. The average molecular weight is 235 g/mol. The molecule has 0 aliphatic rings. The second-order valence-electron chi connectivity index (χ2n) is 4.67. The van der Waals surface area contributed by atoms with Crippen molar-refractivity contribution in [3.05, 3.63) is 23.4 Å². The lowest BCUT2D eigenvalue weighted by atomic mass is 10.1. The van der Waals surface area contributed by atoms with E-state index in [1.807, 2.05) is 6.92 Å². The van der Waals surface area contributed by atoms with Crippen molar-refractivity contribution in [3.63, 3.8) is 0 Å². The van der Waals surface area contributed by atoms with Gasteiger partial charge >= 0.3 is 0 Å². The smallest absolute Gasteiger partial charge is 0.128 e. The van der Waals surface area contributed by atoms with Gasteiger partial charge in [-0.25, -0.2) is 4.98 Å². The van der Waals surface area contributed by atoms with Crippen LogP contribution < -0.4 is 10.6 Å². The topological polar surface area (TPSA) is 42.1 Å². The lowest BCUT2D eigenvalue weighted by Gasteiger charge is -2.25. The second kappa shape index (κ2) is 6.60. The van der Waals surface area contributed by atoms with Gasteiger partial charge in [0.25, 0.3) is 0 Å². The van der Waals surface area contributed by atoms with E-state index in [1.54, 1.807) is 0 Å². The number of aromatic nitrogens is 1. The highest BCUT2D eigenvalue weighted by molar-refractivity contribution is 5.41. The van der Waals surface area contributed by atoms with Gasteiger partial charge < -0.3 is 10.6 Å². The zero-order valence-electron chi connectivity index (χ0n) is 11.5. The molecule has 1 unspecified atom stereocenters. The molecular weight excluding hydrogens is 210 g/mol. The highest BCUT2D eigenvalue weighted by Gasteiger charge is 2.10. The molecule has 1 aromatic rings. The molecule has 17 heavy (non-hydrogen) atoms. The van der Waals surface area contributed by atoms with Crippen molar-refractivity contribution in [1.29, 1.82) is 0 Å². The molecule has 1 heterocycles. The Bertz CT molecular complexity index is 349. The minimum absolute atomic E-state index is 0.566. The summed E-state index contributed by atoms with van der Waals surface area (Å²) in [4.78, 5) is 6.98. The van der Waals surface area contributed by atoms with Crippen molar-refractivity contribution in [3.8, 4) is 0 Å². The summed E-state index contributed by atoms with van der Waals surface area (Å²) in [5, 5.41) is 0. The predicted octanol–water partition coefficient (Wildman–Crippen LogP) is 2.72. The molecule has 3 nitrogen and oxygen atoms in total. The van der Waals surface area contributed by atoms with Gasteiger partial charge in [0.1, 0.15) is 5.82 Å². The summed E-state index contributed by atoms with van der Waals surface area (Å²) >= 11 is 0. The van der Waals surface area contributed by atoms with Crippen LogP contribution in [0, 0.1) is 12.8 Å². The molecule has 0 aromatic carbocycles. The summed E-state index contributed by atoms with van der Waals surface area (Å²) in [5.74, 6) is 1.77. The lowest BCUT2D eigenvalue weighted by Crippen LogP contribution is -2.29. The van der Waals surface area contributed by atoms with Crippen molar-refractivity contribution in [2.24, 2.45) is 11.7 Å². The Morgan fingerprint density at radius 3 is 2.53 bits per heavy atom. The summed E-state index contributed by atoms with van der Waals surface area (Å²) in [7, 11) is 0. The van der Waals surface area contributed by atoms with Crippen LogP contribution in [0.3, 0.4) is 0 Å². The second-order valence-corrected chi connectivity index (χ2v) is 4.67. The van der Waals surface area contributed by atoms with E-state index in [9.17, 15) is 0 Å². The summed E-state index contributed by atoms with van der Waals surface area (Å²) in [6, 6.07) is 4.18. The van der Waals surface area contributed by atoms with Crippen LogP contribution in [0.15, 0.2) is 12.1 Å². The van der Waals surface area contributed by atoms with Gasteiger partial charge in [-0.1, -0.05) is 26.3 Å². The molecule has 1 rings (SSSR count). The van der Waals surface area contributed by atoms with Crippen LogP contribution in [0.4, 0.5) is 5.82 Å². The molecule has 0 radical (unpaired) electrons. The van der Waals surface area contributed by atoms with Crippen molar-refractivity contribution < 1.29 is 0 Å². The number of hydrogen-bond donors (Lipinski definition) is 1. The van der Waals surface area contributed by atoms with Gasteiger partial charge in [0, 0.05) is 25.3 Å². The van der Waals surface area contributed by atoms with Crippen molar-refractivity contribution >= 4 is 5.82 Å². The fraction of sp³-hybridized carbons (Fsp3) is 0.643. The number of aryl methyl sites for hydroxylation is 1. The van der Waals surface area contributed by atoms with Crippen molar-refractivity contribution in [2.75, 3.05) is 18.0 Å². The van der Waals surface area contributed by atoms with Gasteiger partial charge in [0.05, 0.1) is 0 Å². The molecule has 96 valence electrons. The molecule has 0 bridgehead atoms. The molecular formula is C14H25N3. The summed E-state index contributed by atoms with van der Waals surface area (Å²) in [6.07, 6.45) is 1.20. The van der Waals surface area contributed by atoms with Crippen LogP contribution >= 0.6 is 0 Å². The minimum atomic E-state index is 0.566. The Morgan fingerprint density at radius 2 is 2.06 bits per heavy atom. The van der Waals surface area contributed by atoms with Gasteiger partial charge in [-0.15, -0.1) is 0 Å². The number of nitrogens with zero attached hydrogens (tertiary/aromatic N) is 2. The van der Waals surface area contributed by atoms with Gasteiger partial charge in [0.2, 0.25) is 0 Å². The minimum Gasteiger partial charge on any atom is -0.357 e. The molecule has 3 heteroatoms. The van der Waals surface area contributed by atoms with E-state index in [0.717, 1.165) is 30.2 Å². The van der Waals surface area contributed by atoms with E-state index < -0.39 is 0 Å². The van der Waals surface area contributed by atoms with Crippen molar-refractivity contribution in [2.45, 2.75) is 40.7 Å². The highest BCUT2D eigenvalue weighted by Crippen LogP contribution is 2.16. The highest BCUT2D eigenvalue weighted by atomic mass is 15.2. The third-order valence-corrected chi connectivity index (χ3v) is 3.34. The van der Waals surface area contributed by atoms with E-state index in [1.165, 1.54) is 6.42 Å². The Morgan fingerprint density at radius 1 is 1.35 bits per heavy atom. The number of rotatable bonds is 6. The third kappa shape index (κ3) is 3.70. The third-order valence-electron chi connectivity index (χ3n) is 3.34. The standard InChI is InChI=1S/C14H25N3/c1-5-11(3)10-17(6-2)14-8-7-13(9-15)12(4)16-14/h7-8,11H,5-6,9-10,15H2,1-4H3. The monoisotopic (exact) mass is 235 g/mol. The van der Waals surface area contributed by atoms with Gasteiger partial charge in [-0.2, -0.15) is 0 Å². The molecule has 1 atom stereocenters. The van der Waals surface area contributed by atoms with E-state index in [4.69, 9.17) is 5.73 Å². The molecule has 0 fully saturated rings. The maximum absolute atomic E-state index is 5.66. The molecule has 0 saturated carbocycles. The van der Waals surface area contributed by atoms with Crippen LogP contribution in [0.1, 0.15) is 38.4 Å². The molecule has 0 aliphatic carbocycles. The number of hydrogen-bond acceptors (Lipinski definition) is 3. The Hall–Kier alpha value is -1.09. The molecule has 0 spiro atoms. The zero-order chi connectivity index (χ0) is 12.8. The predicted molar refractivity (Wildman–Crippen MR) is 74.2 cm³/mol. The van der Waals surface area contributed by atoms with Crippen LogP contribution in [-0.2, 0) is 6.54 Å². The Kier molecular flexibility index (Phi) is 5.42. The SMILES string of the molecule is CCC(C)CN(CC)c1ccc(CN)c(C)n1. The summed E-state index contributed by atoms with van der Waals surface area (Å²) in [6.45, 7) is 11.4. The van der Waals surface area contributed by atoms with Crippen LogP contribution in [0.2, 0.25) is 0 Å². The fourth-order valence-electron chi connectivity index (χ4n) is 1.86. The summed E-state index contributed by atoms with van der Waals surface area (Å²) in [5.41, 5.74) is 7.84. The van der Waals surface area contributed by atoms with Gasteiger partial charge in [-0.3, -0.25) is 0 Å². The first-order chi connectivity index (χ1) is 8.12. The van der Waals surface area contributed by atoms with Gasteiger partial charge in [-0.05, 0) is 31.4 Å². The van der Waals surface area contributed by atoms with Gasteiger partial charge in [0.15, 0.2) is 0 Å². The van der Waals surface area contributed by atoms with E-state index in [2.05, 4.69) is 42.8 Å². The molecule has 1 aromatic heterocycles.